The van der Waals surface area contributed by atoms with Crippen LogP contribution in [0.2, 0.25) is 9.36 Å². The molecule has 52 valence electrons. The van der Waals surface area contributed by atoms with Crippen LogP contribution in [0.25, 0.3) is 0 Å². The van der Waals surface area contributed by atoms with Crippen molar-refractivity contribution in [3.05, 3.63) is 14.7 Å². The van der Waals surface area contributed by atoms with Gasteiger partial charge < -0.3 is 5.73 Å². The Morgan fingerprint density at radius 1 is 1.44 bits per heavy atom. The molecular weight excluding hydrogens is 200 g/mol. The summed E-state index contributed by atoms with van der Waals surface area (Å²) in [5.74, 6) is 0. The van der Waals surface area contributed by atoms with E-state index in [4.69, 9.17) is 28.9 Å². The Hall–Kier alpha value is 0.370. The fourth-order valence-corrected chi connectivity index (χ4v) is 1.46. The molecule has 9 heavy (non-hydrogen) atoms. The van der Waals surface area contributed by atoms with Crippen LogP contribution in [0.3, 0.4) is 0 Å². The number of anilines is 1. The molecule has 0 saturated carbocycles. The van der Waals surface area contributed by atoms with Crippen LogP contribution in [0.1, 0.15) is 0 Å². The molecule has 0 radical (unpaired) electrons. The zero-order valence-corrected chi connectivity index (χ0v) is 7.37. The van der Waals surface area contributed by atoms with E-state index in [9.17, 15) is 0 Å². The molecule has 5 heteroatoms. The minimum Gasteiger partial charge on any atom is -0.396 e. The Morgan fingerprint density at radius 3 is 2.11 bits per heavy atom. The summed E-state index contributed by atoms with van der Waals surface area (Å²) in [7, 11) is 0. The lowest BCUT2D eigenvalue weighted by Crippen LogP contribution is -1.79. The highest BCUT2D eigenvalue weighted by Gasteiger charge is 2.01. The molecule has 1 heterocycles. The molecule has 0 amide bonds. The molecule has 0 aromatic carbocycles. The first-order chi connectivity index (χ1) is 3.72. The molecule has 0 aliphatic heterocycles. The van der Waals surface area contributed by atoms with Crippen molar-refractivity contribution in [3.63, 3.8) is 0 Å². The third-order valence-corrected chi connectivity index (χ3v) is 2.43. The van der Waals surface area contributed by atoms with E-state index in [1.807, 2.05) is 0 Å². The molecule has 0 saturated heterocycles. The summed E-state index contributed by atoms with van der Waals surface area (Å²) >= 11 is 12.4. The molecule has 1 rings (SSSR count). The Bertz CT molecular complexity index is 178. The predicted molar refractivity (Wildman–Crippen MR) is 46.0 cm³/mol. The third-order valence-electron chi connectivity index (χ3n) is 0.735. The summed E-state index contributed by atoms with van der Waals surface area (Å²) in [5, 5.41) is 2.25. The quantitative estimate of drug-likeness (QED) is 0.691. The first-order valence-electron chi connectivity index (χ1n) is 1.90. The molecule has 2 N–H and O–H groups in total. The van der Waals surface area contributed by atoms with Crippen LogP contribution in [0.4, 0.5) is 5.69 Å². The number of nitrogens with two attached hydrogens (primary N) is 1. The number of thiophene rings is 1. The second kappa shape index (κ2) is 3.52. The van der Waals surface area contributed by atoms with Gasteiger partial charge in [-0.1, -0.05) is 23.2 Å². The molecule has 1 nitrogen and oxygen atoms in total. The standard InChI is InChI=1S/C4H3Cl2NS.ClH/c5-2-1-8-4(6)3(2)7;/h1H,7H2;1H. The summed E-state index contributed by atoms with van der Waals surface area (Å²) in [4.78, 5) is 0. The highest BCUT2D eigenvalue weighted by molar-refractivity contribution is 7.15. The van der Waals surface area contributed by atoms with E-state index in [1.165, 1.54) is 11.3 Å². The summed E-state index contributed by atoms with van der Waals surface area (Å²) < 4.78 is 0.565. The van der Waals surface area contributed by atoms with Crippen LogP contribution in [0.5, 0.6) is 0 Å². The van der Waals surface area contributed by atoms with E-state index in [1.54, 1.807) is 5.38 Å². The summed E-state index contributed by atoms with van der Waals surface area (Å²) in [6.45, 7) is 0. The van der Waals surface area contributed by atoms with Crippen LogP contribution >= 0.6 is 46.9 Å². The van der Waals surface area contributed by atoms with Crippen molar-refractivity contribution in [1.29, 1.82) is 0 Å². The number of rotatable bonds is 0. The van der Waals surface area contributed by atoms with E-state index in [0.29, 0.717) is 15.0 Å². The van der Waals surface area contributed by atoms with E-state index in [-0.39, 0.29) is 12.4 Å². The molecule has 0 fully saturated rings. The number of hydrogen-bond acceptors (Lipinski definition) is 2. The smallest absolute Gasteiger partial charge is 0.117 e. The van der Waals surface area contributed by atoms with Gasteiger partial charge in [-0.2, -0.15) is 0 Å². The molecule has 0 aliphatic carbocycles. The molecule has 0 bridgehead atoms. The SMILES string of the molecule is Cl.Nc1c(Cl)csc1Cl. The van der Waals surface area contributed by atoms with Crippen molar-refractivity contribution >= 4 is 52.6 Å². The fraction of sp³-hybridized carbons (Fsp3) is 0. The average Bonchev–Trinajstić information content (AvgIpc) is 1.98. The van der Waals surface area contributed by atoms with Crippen molar-refractivity contribution in [2.45, 2.75) is 0 Å². The van der Waals surface area contributed by atoms with Crippen LogP contribution in [-0.4, -0.2) is 0 Å². The van der Waals surface area contributed by atoms with Gasteiger partial charge in [0.2, 0.25) is 0 Å². The van der Waals surface area contributed by atoms with Gasteiger partial charge in [0.15, 0.2) is 0 Å². The second-order valence-electron chi connectivity index (χ2n) is 1.27. The Labute approximate surface area is 73.2 Å². The lowest BCUT2D eigenvalue weighted by molar-refractivity contribution is 1.88. The van der Waals surface area contributed by atoms with E-state index in [0.717, 1.165) is 0 Å². The maximum absolute atomic E-state index is 5.54. The fourth-order valence-electron chi connectivity index (χ4n) is 0.324. The molecule has 0 aliphatic rings. The van der Waals surface area contributed by atoms with Gasteiger partial charge in [-0.05, 0) is 0 Å². The van der Waals surface area contributed by atoms with Gasteiger partial charge in [-0.15, -0.1) is 23.7 Å². The van der Waals surface area contributed by atoms with Crippen molar-refractivity contribution in [2.75, 3.05) is 5.73 Å². The van der Waals surface area contributed by atoms with E-state index >= 15 is 0 Å². The Morgan fingerprint density at radius 2 is 2.00 bits per heavy atom. The Kier molecular flexibility index (Phi) is 3.66. The highest BCUT2D eigenvalue weighted by Crippen LogP contribution is 2.33. The van der Waals surface area contributed by atoms with Gasteiger partial charge in [0.05, 0.1) is 10.7 Å². The van der Waals surface area contributed by atoms with E-state index in [2.05, 4.69) is 0 Å². The number of hydrogen-bond donors (Lipinski definition) is 1. The van der Waals surface area contributed by atoms with Gasteiger partial charge in [0, 0.05) is 5.38 Å². The summed E-state index contributed by atoms with van der Waals surface area (Å²) in [6.07, 6.45) is 0. The molecule has 1 aromatic rings. The first kappa shape index (κ1) is 9.37. The van der Waals surface area contributed by atoms with Gasteiger partial charge in [0.25, 0.3) is 0 Å². The van der Waals surface area contributed by atoms with Gasteiger partial charge in [0.1, 0.15) is 4.34 Å². The maximum Gasteiger partial charge on any atom is 0.117 e. The van der Waals surface area contributed by atoms with E-state index < -0.39 is 0 Å². The van der Waals surface area contributed by atoms with Crippen molar-refractivity contribution in [1.82, 2.24) is 0 Å². The van der Waals surface area contributed by atoms with Gasteiger partial charge in [-0.3, -0.25) is 0 Å². The van der Waals surface area contributed by atoms with Crippen LogP contribution < -0.4 is 5.73 Å². The Balaban J connectivity index is 0.000000640. The topological polar surface area (TPSA) is 26.0 Å². The number of halogens is 3. The largest absolute Gasteiger partial charge is 0.396 e. The average molecular weight is 205 g/mol. The maximum atomic E-state index is 5.54. The third kappa shape index (κ3) is 1.90. The lowest BCUT2D eigenvalue weighted by Gasteiger charge is -1.83. The molecular formula is C4H4Cl3NS. The number of nitrogen functional groups attached to an aromatic ring is 1. The molecule has 0 atom stereocenters. The van der Waals surface area contributed by atoms with Crippen LogP contribution in [0.15, 0.2) is 5.38 Å². The minimum absolute atomic E-state index is 0. The zero-order valence-electron chi connectivity index (χ0n) is 4.23. The van der Waals surface area contributed by atoms with Crippen molar-refractivity contribution < 1.29 is 0 Å². The lowest BCUT2D eigenvalue weighted by atomic mass is 10.6. The van der Waals surface area contributed by atoms with Crippen molar-refractivity contribution in [2.24, 2.45) is 0 Å². The predicted octanol–water partition coefficient (Wildman–Crippen LogP) is 3.06. The summed E-state index contributed by atoms with van der Waals surface area (Å²) in [6, 6.07) is 0. The monoisotopic (exact) mass is 203 g/mol. The summed E-state index contributed by atoms with van der Waals surface area (Å²) in [5.41, 5.74) is 5.83. The van der Waals surface area contributed by atoms with Crippen molar-refractivity contribution in [3.8, 4) is 0 Å². The molecule has 0 unspecified atom stereocenters. The van der Waals surface area contributed by atoms with Gasteiger partial charge in [-0.25, -0.2) is 0 Å². The highest BCUT2D eigenvalue weighted by atomic mass is 35.5. The normalized spacial score (nSPS) is 8.67. The first-order valence-corrected chi connectivity index (χ1v) is 3.53. The zero-order chi connectivity index (χ0) is 6.15. The minimum atomic E-state index is 0. The second-order valence-corrected chi connectivity index (χ2v) is 3.16. The van der Waals surface area contributed by atoms with Gasteiger partial charge >= 0.3 is 0 Å². The van der Waals surface area contributed by atoms with Crippen LogP contribution in [-0.2, 0) is 0 Å². The molecule has 1 aromatic heterocycles. The van der Waals surface area contributed by atoms with Crippen LogP contribution in [0, 0.1) is 0 Å². The molecule has 0 spiro atoms.